The third-order valence-electron chi connectivity index (χ3n) is 5.06. The normalized spacial score (nSPS) is 12.7. The van der Waals surface area contributed by atoms with Gasteiger partial charge in [-0.25, -0.2) is 9.97 Å². The van der Waals surface area contributed by atoms with Crippen LogP contribution in [0.1, 0.15) is 38.2 Å². The van der Waals surface area contributed by atoms with E-state index in [1.807, 2.05) is 30.3 Å². The summed E-state index contributed by atoms with van der Waals surface area (Å²) in [5.41, 5.74) is 3.51. The molecule has 4 aromatic rings. The zero-order valence-corrected chi connectivity index (χ0v) is 19.7. The maximum Gasteiger partial charge on any atom is 0.159 e. The molecule has 31 heavy (non-hydrogen) atoms. The van der Waals surface area contributed by atoms with E-state index in [0.29, 0.717) is 10.8 Å². The van der Waals surface area contributed by atoms with Crippen LogP contribution in [0.3, 0.4) is 0 Å². The van der Waals surface area contributed by atoms with Crippen LogP contribution in [-0.2, 0) is 5.60 Å². The van der Waals surface area contributed by atoms with Crippen molar-refractivity contribution in [3.63, 3.8) is 0 Å². The molecule has 2 N–H and O–H groups in total. The van der Waals surface area contributed by atoms with E-state index in [9.17, 15) is 5.11 Å². The van der Waals surface area contributed by atoms with Crippen LogP contribution in [0.2, 0.25) is 5.02 Å². The molecule has 0 aliphatic heterocycles. The third-order valence-corrected chi connectivity index (χ3v) is 5.84. The highest BCUT2D eigenvalue weighted by Gasteiger charge is 2.19. The van der Waals surface area contributed by atoms with Crippen LogP contribution in [0.5, 0.6) is 0 Å². The smallest absolute Gasteiger partial charge is 0.159 e. The Morgan fingerprint density at radius 1 is 1.00 bits per heavy atom. The van der Waals surface area contributed by atoms with E-state index in [-0.39, 0.29) is 6.04 Å². The zero-order chi connectivity index (χ0) is 22.2. The van der Waals surface area contributed by atoms with Crippen LogP contribution in [0.15, 0.2) is 65.5 Å². The average Bonchev–Trinajstić information content (AvgIpc) is 2.75. The van der Waals surface area contributed by atoms with Gasteiger partial charge in [0.2, 0.25) is 0 Å². The second kappa shape index (κ2) is 8.54. The number of nitrogens with one attached hydrogen (secondary N) is 1. The van der Waals surface area contributed by atoms with Crippen molar-refractivity contribution in [1.29, 1.82) is 0 Å². The molecule has 4 rings (SSSR count). The first kappa shape index (κ1) is 21.7. The number of benzene rings is 2. The van der Waals surface area contributed by atoms with Gasteiger partial charge in [0.05, 0.1) is 16.2 Å². The van der Waals surface area contributed by atoms with Crippen LogP contribution in [0.4, 0.5) is 5.69 Å². The van der Waals surface area contributed by atoms with Crippen molar-refractivity contribution in [2.24, 2.45) is 0 Å². The van der Waals surface area contributed by atoms with Crippen LogP contribution in [0, 0.1) is 0 Å². The summed E-state index contributed by atoms with van der Waals surface area (Å²) < 4.78 is 1.03. The average molecular weight is 498 g/mol. The summed E-state index contributed by atoms with van der Waals surface area (Å²) >= 11 is 10.1. The molecule has 0 amide bonds. The minimum absolute atomic E-state index is 0.0404. The maximum absolute atomic E-state index is 10.1. The van der Waals surface area contributed by atoms with E-state index in [0.717, 1.165) is 37.8 Å². The molecule has 158 valence electrons. The van der Waals surface area contributed by atoms with Crippen molar-refractivity contribution in [3.05, 3.63) is 81.9 Å². The number of hydrogen-bond donors (Lipinski definition) is 2. The van der Waals surface area contributed by atoms with E-state index in [4.69, 9.17) is 11.6 Å². The summed E-state index contributed by atoms with van der Waals surface area (Å²) in [6.45, 7) is 5.42. The predicted molar refractivity (Wildman–Crippen MR) is 129 cm³/mol. The van der Waals surface area contributed by atoms with Crippen LogP contribution < -0.4 is 5.32 Å². The molecule has 1 unspecified atom stereocenters. The van der Waals surface area contributed by atoms with E-state index in [1.165, 1.54) is 0 Å². The lowest BCUT2D eigenvalue weighted by Crippen LogP contribution is -2.19. The molecule has 0 saturated heterocycles. The van der Waals surface area contributed by atoms with Gasteiger partial charge in [0.1, 0.15) is 5.60 Å². The minimum atomic E-state index is -1.08. The van der Waals surface area contributed by atoms with Crippen molar-refractivity contribution in [2.45, 2.75) is 32.4 Å². The van der Waals surface area contributed by atoms with Crippen LogP contribution >= 0.6 is 27.5 Å². The van der Waals surface area contributed by atoms with Gasteiger partial charge in [-0.1, -0.05) is 45.7 Å². The molecular weight excluding hydrogens is 476 g/mol. The van der Waals surface area contributed by atoms with Gasteiger partial charge in [0, 0.05) is 40.1 Å². The highest BCUT2D eigenvalue weighted by Crippen LogP contribution is 2.35. The first-order valence-electron chi connectivity index (χ1n) is 9.88. The number of nitrogens with zero attached hydrogens (tertiary/aromatic N) is 3. The van der Waals surface area contributed by atoms with Gasteiger partial charge in [-0.3, -0.25) is 4.98 Å². The molecule has 0 bridgehead atoms. The molecule has 0 aliphatic carbocycles. The Bertz CT molecular complexity index is 1240. The van der Waals surface area contributed by atoms with Crippen molar-refractivity contribution in [3.8, 4) is 11.1 Å². The standard InChI is InChI=1S/C24H22BrClN4O/c1-14(15-5-4-6-18(25)9-15)30-22-19-10-16(7-8-21(19)27-13-20(22)26)17-11-28-23(29-12-17)24(2,3)31/h4-14,31H,1-3H3,(H,27,30). The third kappa shape index (κ3) is 4.71. The summed E-state index contributed by atoms with van der Waals surface area (Å²) in [7, 11) is 0. The second-order valence-corrected chi connectivity index (χ2v) is 9.31. The van der Waals surface area contributed by atoms with Crippen LogP contribution in [0.25, 0.3) is 22.0 Å². The van der Waals surface area contributed by atoms with E-state index in [1.54, 1.807) is 32.4 Å². The summed E-state index contributed by atoms with van der Waals surface area (Å²) in [6.07, 6.45) is 5.11. The number of halogens is 2. The molecule has 0 saturated carbocycles. The molecule has 7 heteroatoms. The van der Waals surface area contributed by atoms with Gasteiger partial charge < -0.3 is 10.4 Å². The molecule has 5 nitrogen and oxygen atoms in total. The molecular formula is C24H22BrClN4O. The molecule has 0 aliphatic rings. The monoisotopic (exact) mass is 496 g/mol. The number of aliphatic hydroxyl groups is 1. The summed E-state index contributed by atoms with van der Waals surface area (Å²) in [5, 5.41) is 15.1. The molecule has 2 aromatic carbocycles. The Morgan fingerprint density at radius 3 is 2.42 bits per heavy atom. The molecule has 2 heterocycles. The Hall–Kier alpha value is -2.54. The van der Waals surface area contributed by atoms with E-state index in [2.05, 4.69) is 55.3 Å². The molecule has 0 radical (unpaired) electrons. The topological polar surface area (TPSA) is 70.9 Å². The van der Waals surface area contributed by atoms with E-state index >= 15 is 0 Å². The number of pyridine rings is 1. The van der Waals surface area contributed by atoms with Gasteiger partial charge in [-0.15, -0.1) is 0 Å². The Balaban J connectivity index is 1.73. The number of aromatic nitrogens is 3. The van der Waals surface area contributed by atoms with Gasteiger partial charge in [-0.2, -0.15) is 0 Å². The first-order valence-corrected chi connectivity index (χ1v) is 11.0. The van der Waals surface area contributed by atoms with Crippen molar-refractivity contribution >= 4 is 44.1 Å². The highest BCUT2D eigenvalue weighted by molar-refractivity contribution is 9.10. The van der Waals surface area contributed by atoms with Crippen molar-refractivity contribution < 1.29 is 5.11 Å². The Morgan fingerprint density at radius 2 is 1.74 bits per heavy atom. The molecule has 0 spiro atoms. The fourth-order valence-corrected chi connectivity index (χ4v) is 3.99. The lowest BCUT2D eigenvalue weighted by atomic mass is 10.0. The minimum Gasteiger partial charge on any atom is -0.382 e. The zero-order valence-electron chi connectivity index (χ0n) is 17.4. The summed E-state index contributed by atoms with van der Waals surface area (Å²) in [6, 6.07) is 14.2. The molecule has 0 fully saturated rings. The number of fused-ring (bicyclic) bond motifs is 1. The second-order valence-electron chi connectivity index (χ2n) is 7.99. The Kier molecular flexibility index (Phi) is 5.97. The molecule has 1 atom stereocenters. The lowest BCUT2D eigenvalue weighted by Gasteiger charge is -2.19. The lowest BCUT2D eigenvalue weighted by molar-refractivity contribution is 0.0687. The van der Waals surface area contributed by atoms with Crippen molar-refractivity contribution in [1.82, 2.24) is 15.0 Å². The number of rotatable bonds is 5. The fourth-order valence-electron chi connectivity index (χ4n) is 3.36. The maximum atomic E-state index is 10.1. The molecule has 2 aromatic heterocycles. The summed E-state index contributed by atoms with van der Waals surface area (Å²) in [4.78, 5) is 13.1. The quantitative estimate of drug-likeness (QED) is 0.329. The van der Waals surface area contributed by atoms with Crippen LogP contribution in [-0.4, -0.2) is 20.1 Å². The largest absolute Gasteiger partial charge is 0.382 e. The van der Waals surface area contributed by atoms with E-state index < -0.39 is 5.60 Å². The Labute approximate surface area is 194 Å². The number of hydrogen-bond acceptors (Lipinski definition) is 5. The van der Waals surface area contributed by atoms with Crippen molar-refractivity contribution in [2.75, 3.05) is 5.32 Å². The van der Waals surface area contributed by atoms with Gasteiger partial charge >= 0.3 is 0 Å². The fraction of sp³-hybridized carbons (Fsp3) is 0.208. The highest BCUT2D eigenvalue weighted by atomic mass is 79.9. The first-order chi connectivity index (χ1) is 14.7. The van der Waals surface area contributed by atoms with Gasteiger partial charge in [0.25, 0.3) is 0 Å². The van der Waals surface area contributed by atoms with Gasteiger partial charge in [0.15, 0.2) is 5.82 Å². The predicted octanol–water partition coefficient (Wildman–Crippen LogP) is 6.51. The number of anilines is 1. The summed E-state index contributed by atoms with van der Waals surface area (Å²) in [5.74, 6) is 0.381. The van der Waals surface area contributed by atoms with Gasteiger partial charge in [-0.05, 0) is 56.2 Å². The SMILES string of the molecule is CC(Nc1c(Cl)cnc2ccc(-c3cnc(C(C)(C)O)nc3)cc12)c1cccc(Br)c1.